The van der Waals surface area contributed by atoms with Crippen molar-refractivity contribution >= 4 is 15.9 Å². The molecular formula is C9H10BrNO. The average Bonchev–Trinajstić information content (AvgIpc) is 2.03. The summed E-state index contributed by atoms with van der Waals surface area (Å²) >= 11 is 3.28. The lowest BCUT2D eigenvalue weighted by Gasteiger charge is -2.05. The van der Waals surface area contributed by atoms with Gasteiger partial charge in [0.15, 0.2) is 5.75 Å². The van der Waals surface area contributed by atoms with E-state index in [0.717, 1.165) is 15.9 Å². The van der Waals surface area contributed by atoms with Crippen LogP contribution in [0.1, 0.15) is 6.92 Å². The predicted octanol–water partition coefficient (Wildman–Crippen LogP) is 2.80. The van der Waals surface area contributed by atoms with Gasteiger partial charge < -0.3 is 4.74 Å². The molecule has 0 amide bonds. The van der Waals surface area contributed by atoms with E-state index in [1.54, 1.807) is 6.20 Å². The predicted molar refractivity (Wildman–Crippen MR) is 52.2 cm³/mol. The Morgan fingerprint density at radius 1 is 1.75 bits per heavy atom. The monoisotopic (exact) mass is 227 g/mol. The van der Waals surface area contributed by atoms with Gasteiger partial charge in [-0.2, -0.15) is 0 Å². The van der Waals surface area contributed by atoms with Gasteiger partial charge in [0.1, 0.15) is 11.2 Å². The van der Waals surface area contributed by atoms with Crippen LogP contribution >= 0.6 is 15.9 Å². The van der Waals surface area contributed by atoms with Crippen LogP contribution in [-0.2, 0) is 0 Å². The van der Waals surface area contributed by atoms with Crippen LogP contribution in [-0.4, -0.2) is 11.6 Å². The van der Waals surface area contributed by atoms with E-state index in [2.05, 4.69) is 27.5 Å². The van der Waals surface area contributed by atoms with Crippen LogP contribution in [0.3, 0.4) is 0 Å². The minimum Gasteiger partial charge on any atom is -0.486 e. The van der Waals surface area contributed by atoms with Gasteiger partial charge in [-0.25, -0.2) is 4.98 Å². The first-order chi connectivity index (χ1) is 5.70. The zero-order valence-corrected chi connectivity index (χ0v) is 8.47. The molecule has 0 aliphatic rings. The molecule has 0 unspecified atom stereocenters. The molecule has 0 saturated heterocycles. The number of nitrogens with zero attached hydrogens (tertiary/aromatic N) is 1. The van der Waals surface area contributed by atoms with Gasteiger partial charge in [-0.3, -0.25) is 0 Å². The molecule has 2 nitrogen and oxygen atoms in total. The number of hydrogen-bond acceptors (Lipinski definition) is 2. The number of hydrogen-bond donors (Lipinski definition) is 0. The Hall–Kier alpha value is -0.830. The molecule has 0 radical (unpaired) electrons. The molecular weight excluding hydrogens is 218 g/mol. The van der Waals surface area contributed by atoms with Gasteiger partial charge in [0.25, 0.3) is 0 Å². The molecule has 3 heteroatoms. The van der Waals surface area contributed by atoms with Crippen LogP contribution in [0.5, 0.6) is 5.75 Å². The van der Waals surface area contributed by atoms with E-state index in [0.29, 0.717) is 6.61 Å². The second-order valence-corrected chi connectivity index (χ2v) is 3.29. The second kappa shape index (κ2) is 4.26. The quantitative estimate of drug-likeness (QED) is 0.586. The van der Waals surface area contributed by atoms with Crippen molar-refractivity contribution in [2.75, 3.05) is 6.61 Å². The van der Waals surface area contributed by atoms with E-state index < -0.39 is 0 Å². The zero-order valence-electron chi connectivity index (χ0n) is 6.88. The Kier molecular flexibility index (Phi) is 3.29. The smallest absolute Gasteiger partial charge is 0.152 e. The van der Waals surface area contributed by atoms with Gasteiger partial charge in [-0.15, -0.1) is 0 Å². The highest BCUT2D eigenvalue weighted by Gasteiger charge is 1.99. The Balaban J connectivity index is 2.63. The van der Waals surface area contributed by atoms with E-state index in [4.69, 9.17) is 4.74 Å². The molecule has 1 aromatic rings. The Morgan fingerprint density at radius 2 is 2.50 bits per heavy atom. The van der Waals surface area contributed by atoms with E-state index in [1.807, 2.05) is 19.1 Å². The summed E-state index contributed by atoms with van der Waals surface area (Å²) in [5.41, 5.74) is 0.991. The first-order valence-electron chi connectivity index (χ1n) is 3.58. The van der Waals surface area contributed by atoms with Gasteiger partial charge in [-0.05, 0) is 40.6 Å². The lowest BCUT2D eigenvalue weighted by molar-refractivity contribution is 0.348. The fraction of sp³-hybridized carbons (Fsp3) is 0.222. The average molecular weight is 228 g/mol. The van der Waals surface area contributed by atoms with Crippen molar-refractivity contribution < 1.29 is 4.74 Å². The molecule has 1 aromatic heterocycles. The van der Waals surface area contributed by atoms with Gasteiger partial charge >= 0.3 is 0 Å². The molecule has 0 aliphatic carbocycles. The molecule has 0 N–H and O–H groups in total. The largest absolute Gasteiger partial charge is 0.486 e. The summed E-state index contributed by atoms with van der Waals surface area (Å²) < 4.78 is 6.12. The highest BCUT2D eigenvalue weighted by molar-refractivity contribution is 9.10. The van der Waals surface area contributed by atoms with Crippen molar-refractivity contribution in [3.63, 3.8) is 0 Å². The standard InChI is InChI=1S/C9H10BrNO/c1-7(2)6-12-8-4-3-5-11-9(8)10/h3-5H,1,6H2,2H3. The molecule has 1 heterocycles. The number of pyridine rings is 1. The van der Waals surface area contributed by atoms with Crippen molar-refractivity contribution in [1.29, 1.82) is 0 Å². The molecule has 0 aliphatic heterocycles. The van der Waals surface area contributed by atoms with Crippen LogP contribution < -0.4 is 4.74 Å². The molecule has 12 heavy (non-hydrogen) atoms. The van der Waals surface area contributed by atoms with Crippen molar-refractivity contribution in [3.8, 4) is 5.75 Å². The normalized spacial score (nSPS) is 9.50. The van der Waals surface area contributed by atoms with Crippen LogP contribution in [0.2, 0.25) is 0 Å². The van der Waals surface area contributed by atoms with E-state index >= 15 is 0 Å². The third-order valence-corrected chi connectivity index (χ3v) is 1.79. The SMILES string of the molecule is C=C(C)COc1cccnc1Br. The number of ether oxygens (including phenoxy) is 1. The van der Waals surface area contributed by atoms with Crippen LogP contribution in [0.25, 0.3) is 0 Å². The summed E-state index contributed by atoms with van der Waals surface area (Å²) in [5.74, 6) is 0.750. The second-order valence-electron chi connectivity index (χ2n) is 2.54. The van der Waals surface area contributed by atoms with Gasteiger partial charge in [0.05, 0.1) is 0 Å². The molecule has 64 valence electrons. The number of halogens is 1. The van der Waals surface area contributed by atoms with Gasteiger partial charge in [-0.1, -0.05) is 6.58 Å². The summed E-state index contributed by atoms with van der Waals surface area (Å²) in [4.78, 5) is 4.02. The summed E-state index contributed by atoms with van der Waals surface area (Å²) in [6.45, 7) is 6.19. The molecule has 0 spiro atoms. The third kappa shape index (κ3) is 2.66. The highest BCUT2D eigenvalue weighted by atomic mass is 79.9. The summed E-state index contributed by atoms with van der Waals surface area (Å²) in [5, 5.41) is 0. The molecule has 1 rings (SSSR count). The van der Waals surface area contributed by atoms with Crippen LogP contribution in [0, 0.1) is 0 Å². The summed E-state index contributed by atoms with van der Waals surface area (Å²) in [7, 11) is 0. The molecule has 0 saturated carbocycles. The van der Waals surface area contributed by atoms with E-state index in [1.165, 1.54) is 0 Å². The zero-order chi connectivity index (χ0) is 8.97. The minimum absolute atomic E-state index is 0.532. The molecule has 0 bridgehead atoms. The van der Waals surface area contributed by atoms with Crippen molar-refractivity contribution in [1.82, 2.24) is 4.98 Å². The fourth-order valence-electron chi connectivity index (χ4n) is 0.680. The van der Waals surface area contributed by atoms with Gasteiger partial charge in [0.2, 0.25) is 0 Å². The van der Waals surface area contributed by atoms with Crippen LogP contribution in [0.15, 0.2) is 35.1 Å². The van der Waals surface area contributed by atoms with E-state index in [-0.39, 0.29) is 0 Å². The lowest BCUT2D eigenvalue weighted by Crippen LogP contribution is -1.98. The maximum Gasteiger partial charge on any atom is 0.152 e. The fourth-order valence-corrected chi connectivity index (χ4v) is 1.04. The summed E-state index contributed by atoms with van der Waals surface area (Å²) in [6, 6.07) is 3.69. The lowest BCUT2D eigenvalue weighted by atomic mass is 10.4. The van der Waals surface area contributed by atoms with E-state index in [9.17, 15) is 0 Å². The van der Waals surface area contributed by atoms with Crippen molar-refractivity contribution in [3.05, 3.63) is 35.1 Å². The minimum atomic E-state index is 0.532. The molecule has 0 atom stereocenters. The topological polar surface area (TPSA) is 22.1 Å². The highest BCUT2D eigenvalue weighted by Crippen LogP contribution is 2.21. The Bertz CT molecular complexity index is 286. The first-order valence-corrected chi connectivity index (χ1v) is 4.37. The number of rotatable bonds is 3. The Labute approximate surface area is 80.4 Å². The number of aromatic nitrogens is 1. The third-order valence-electron chi connectivity index (χ3n) is 1.20. The maximum atomic E-state index is 5.39. The Morgan fingerprint density at radius 3 is 3.08 bits per heavy atom. The summed E-state index contributed by atoms with van der Waals surface area (Å²) in [6.07, 6.45) is 1.71. The molecule has 0 aromatic carbocycles. The molecule has 0 fully saturated rings. The van der Waals surface area contributed by atoms with Gasteiger partial charge in [0, 0.05) is 6.20 Å². The first kappa shape index (κ1) is 9.26. The van der Waals surface area contributed by atoms with Crippen LogP contribution in [0.4, 0.5) is 0 Å². The van der Waals surface area contributed by atoms with Crippen molar-refractivity contribution in [2.24, 2.45) is 0 Å². The maximum absolute atomic E-state index is 5.39. The van der Waals surface area contributed by atoms with Crippen molar-refractivity contribution in [2.45, 2.75) is 6.92 Å².